The van der Waals surface area contributed by atoms with Crippen molar-refractivity contribution in [2.45, 2.75) is 53.1 Å². The molecule has 0 aliphatic heterocycles. The fourth-order valence-electron chi connectivity index (χ4n) is 2.61. The molecule has 2 rings (SSSR count). The van der Waals surface area contributed by atoms with E-state index in [1.807, 2.05) is 20.0 Å². The van der Waals surface area contributed by atoms with Crippen molar-refractivity contribution in [1.29, 1.82) is 0 Å². The van der Waals surface area contributed by atoms with Crippen molar-refractivity contribution in [1.82, 2.24) is 15.1 Å². The minimum atomic E-state index is 0.0849. The second-order valence-electron chi connectivity index (χ2n) is 5.67. The van der Waals surface area contributed by atoms with Crippen LogP contribution in [0.4, 0.5) is 0 Å². The van der Waals surface area contributed by atoms with Crippen molar-refractivity contribution < 1.29 is 4.42 Å². The van der Waals surface area contributed by atoms with Crippen LogP contribution in [0.2, 0.25) is 0 Å². The van der Waals surface area contributed by atoms with E-state index in [1.54, 1.807) is 0 Å². The summed E-state index contributed by atoms with van der Waals surface area (Å²) in [6, 6.07) is 2.51. The van der Waals surface area contributed by atoms with E-state index in [1.165, 1.54) is 5.56 Å². The molecule has 0 aromatic carbocycles. The zero-order chi connectivity index (χ0) is 15.6. The summed E-state index contributed by atoms with van der Waals surface area (Å²) in [5, 5.41) is 8.13. The largest absolute Gasteiger partial charge is 0.466 e. The first kappa shape index (κ1) is 16.3. The molecule has 0 saturated carbocycles. The van der Waals surface area contributed by atoms with Crippen LogP contribution in [0.25, 0.3) is 0 Å². The molecule has 116 valence electrons. The molecule has 1 unspecified atom stereocenters. The maximum Gasteiger partial charge on any atom is 0.106 e. The number of nitrogens with one attached hydrogen (secondary N) is 1. The first-order valence-corrected chi connectivity index (χ1v) is 8.28. The number of furan rings is 1. The topological polar surface area (TPSA) is 43.0 Å². The Morgan fingerprint density at radius 3 is 2.62 bits per heavy atom. The number of nitrogens with zero attached hydrogens (tertiary/aromatic N) is 2. The molecule has 2 aromatic heterocycles. The third-order valence-corrected chi connectivity index (χ3v) is 4.15. The lowest BCUT2D eigenvalue weighted by Crippen LogP contribution is -2.27. The molecule has 1 atom stereocenters. The maximum absolute atomic E-state index is 5.73. The molecule has 0 amide bonds. The first-order chi connectivity index (χ1) is 9.95. The van der Waals surface area contributed by atoms with Gasteiger partial charge in [-0.1, -0.05) is 6.92 Å². The van der Waals surface area contributed by atoms with Gasteiger partial charge in [-0.15, -0.1) is 0 Å². The van der Waals surface area contributed by atoms with Crippen LogP contribution in [0.5, 0.6) is 0 Å². The molecule has 0 aliphatic rings. The number of halogens is 1. The fraction of sp³-hybridized carbons (Fsp3) is 0.562. The van der Waals surface area contributed by atoms with Crippen LogP contribution < -0.4 is 5.32 Å². The van der Waals surface area contributed by atoms with Gasteiger partial charge in [0, 0.05) is 11.6 Å². The van der Waals surface area contributed by atoms with Gasteiger partial charge >= 0.3 is 0 Å². The third kappa shape index (κ3) is 3.40. The van der Waals surface area contributed by atoms with Gasteiger partial charge in [0.05, 0.1) is 22.4 Å². The average molecular weight is 354 g/mol. The van der Waals surface area contributed by atoms with Crippen molar-refractivity contribution in [2.24, 2.45) is 0 Å². The molecule has 2 heterocycles. The Hall–Kier alpha value is -1.07. The highest BCUT2D eigenvalue weighted by Gasteiger charge is 2.25. The van der Waals surface area contributed by atoms with Gasteiger partial charge < -0.3 is 9.73 Å². The minimum Gasteiger partial charge on any atom is -0.466 e. The standard InChI is InChI=1S/C16H24BrN3O/c1-6-7-18-15(13-8-11(4)21-12(13)5)16-14(17)9-19-20(16)10(2)3/h8-10,15,18H,6-7H2,1-5H3. The SMILES string of the molecule is CCCNC(c1cc(C)oc1C)c1c(Br)cnn1C(C)C. The van der Waals surface area contributed by atoms with E-state index in [-0.39, 0.29) is 6.04 Å². The van der Waals surface area contributed by atoms with Crippen molar-refractivity contribution in [3.8, 4) is 0 Å². The van der Waals surface area contributed by atoms with E-state index in [0.717, 1.165) is 34.7 Å². The molecule has 0 fully saturated rings. The van der Waals surface area contributed by atoms with Crippen LogP contribution in [-0.2, 0) is 0 Å². The Kier molecular flexibility index (Phi) is 5.27. The van der Waals surface area contributed by atoms with Crippen LogP contribution in [-0.4, -0.2) is 16.3 Å². The Morgan fingerprint density at radius 1 is 1.38 bits per heavy atom. The zero-order valence-corrected chi connectivity index (χ0v) is 15.0. The summed E-state index contributed by atoms with van der Waals surface area (Å²) in [6.45, 7) is 11.4. The predicted molar refractivity (Wildman–Crippen MR) is 88.6 cm³/mol. The molecule has 1 N–H and O–H groups in total. The first-order valence-electron chi connectivity index (χ1n) is 7.48. The molecule has 5 heteroatoms. The van der Waals surface area contributed by atoms with Gasteiger partial charge in [-0.3, -0.25) is 4.68 Å². The van der Waals surface area contributed by atoms with Crippen molar-refractivity contribution in [2.75, 3.05) is 6.54 Å². The van der Waals surface area contributed by atoms with E-state index in [9.17, 15) is 0 Å². The molecule has 0 bridgehead atoms. The van der Waals surface area contributed by atoms with Crippen LogP contribution in [0, 0.1) is 13.8 Å². The average Bonchev–Trinajstić information content (AvgIpc) is 2.94. The van der Waals surface area contributed by atoms with E-state index >= 15 is 0 Å². The van der Waals surface area contributed by atoms with Crippen molar-refractivity contribution in [3.05, 3.63) is 39.5 Å². The molecule has 4 nitrogen and oxygen atoms in total. The van der Waals surface area contributed by atoms with Crippen molar-refractivity contribution in [3.63, 3.8) is 0 Å². The van der Waals surface area contributed by atoms with E-state index in [0.29, 0.717) is 6.04 Å². The minimum absolute atomic E-state index is 0.0849. The fourth-order valence-corrected chi connectivity index (χ4v) is 3.11. The quantitative estimate of drug-likeness (QED) is 0.829. The molecule has 0 radical (unpaired) electrons. The van der Waals surface area contributed by atoms with Crippen molar-refractivity contribution >= 4 is 15.9 Å². The Balaban J connectivity index is 2.50. The van der Waals surface area contributed by atoms with Crippen LogP contribution >= 0.6 is 15.9 Å². The lowest BCUT2D eigenvalue weighted by atomic mass is 10.0. The molecule has 2 aromatic rings. The summed E-state index contributed by atoms with van der Waals surface area (Å²) in [6.07, 6.45) is 2.96. The van der Waals surface area contributed by atoms with Crippen LogP contribution in [0.3, 0.4) is 0 Å². The van der Waals surface area contributed by atoms with Gasteiger partial charge in [-0.05, 0) is 62.7 Å². The summed E-state index contributed by atoms with van der Waals surface area (Å²) in [7, 11) is 0. The van der Waals surface area contributed by atoms with Gasteiger partial charge in [-0.2, -0.15) is 5.10 Å². The van der Waals surface area contributed by atoms with Crippen LogP contribution in [0.1, 0.15) is 62.1 Å². The molecule has 0 saturated heterocycles. The monoisotopic (exact) mass is 353 g/mol. The summed E-state index contributed by atoms with van der Waals surface area (Å²) >= 11 is 3.65. The summed E-state index contributed by atoms with van der Waals surface area (Å²) in [5.41, 5.74) is 2.34. The molecule has 0 spiro atoms. The number of hydrogen-bond acceptors (Lipinski definition) is 3. The summed E-state index contributed by atoms with van der Waals surface area (Å²) < 4.78 is 8.83. The van der Waals surface area contributed by atoms with Gasteiger partial charge in [0.1, 0.15) is 11.5 Å². The highest BCUT2D eigenvalue weighted by molar-refractivity contribution is 9.10. The summed E-state index contributed by atoms with van der Waals surface area (Å²) in [4.78, 5) is 0. The second-order valence-corrected chi connectivity index (χ2v) is 6.53. The Morgan fingerprint density at radius 2 is 2.10 bits per heavy atom. The Bertz CT molecular complexity index is 601. The predicted octanol–water partition coefficient (Wildman–Crippen LogP) is 4.53. The highest BCUT2D eigenvalue weighted by Crippen LogP contribution is 2.33. The molecular formula is C16H24BrN3O. The number of aromatic nitrogens is 2. The Labute approximate surface area is 135 Å². The molecule has 21 heavy (non-hydrogen) atoms. The van der Waals surface area contributed by atoms with Gasteiger partial charge in [-0.25, -0.2) is 0 Å². The van der Waals surface area contributed by atoms with Gasteiger partial charge in [0.2, 0.25) is 0 Å². The van der Waals surface area contributed by atoms with Crippen LogP contribution in [0.15, 0.2) is 21.2 Å². The summed E-state index contributed by atoms with van der Waals surface area (Å²) in [5.74, 6) is 1.90. The van der Waals surface area contributed by atoms with E-state index in [2.05, 4.69) is 57.9 Å². The lowest BCUT2D eigenvalue weighted by Gasteiger charge is -2.22. The highest BCUT2D eigenvalue weighted by atomic mass is 79.9. The number of hydrogen-bond donors (Lipinski definition) is 1. The number of rotatable bonds is 6. The maximum atomic E-state index is 5.73. The lowest BCUT2D eigenvalue weighted by molar-refractivity contribution is 0.460. The van der Waals surface area contributed by atoms with E-state index in [4.69, 9.17) is 4.42 Å². The smallest absolute Gasteiger partial charge is 0.106 e. The zero-order valence-electron chi connectivity index (χ0n) is 13.4. The van der Waals surface area contributed by atoms with E-state index < -0.39 is 0 Å². The molecular weight excluding hydrogens is 330 g/mol. The second kappa shape index (κ2) is 6.79. The number of aryl methyl sites for hydroxylation is 2. The molecule has 0 aliphatic carbocycles. The normalized spacial score (nSPS) is 13.1. The van der Waals surface area contributed by atoms with Gasteiger partial charge in [0.15, 0.2) is 0 Å². The van der Waals surface area contributed by atoms with Gasteiger partial charge in [0.25, 0.3) is 0 Å². The third-order valence-electron chi connectivity index (χ3n) is 3.54.